The van der Waals surface area contributed by atoms with Gasteiger partial charge in [0.05, 0.1) is 28.6 Å². The first-order chi connectivity index (χ1) is 16.5. The number of hydrogen-bond acceptors (Lipinski definition) is 3. The molecule has 0 aromatic heterocycles. The Morgan fingerprint density at radius 3 is 2.06 bits per heavy atom. The summed E-state index contributed by atoms with van der Waals surface area (Å²) in [6.45, 7) is 0. The van der Waals surface area contributed by atoms with Gasteiger partial charge in [0.1, 0.15) is 10.1 Å². The summed E-state index contributed by atoms with van der Waals surface area (Å²) in [6.07, 6.45) is 0. The maximum atomic E-state index is 13.0. The minimum Gasteiger partial charge on any atom is -0.495 e. The molecule has 3 aromatic rings. The van der Waals surface area contributed by atoms with Crippen molar-refractivity contribution in [2.45, 2.75) is 10.3 Å². The summed E-state index contributed by atoms with van der Waals surface area (Å²) in [5.74, 6) is -1.77. The molecular weight excluding hydrogens is 577 g/mol. The van der Waals surface area contributed by atoms with Gasteiger partial charge in [-0.2, -0.15) is 0 Å². The summed E-state index contributed by atoms with van der Waals surface area (Å²) in [5, 5.41) is 6.90. The highest BCUT2D eigenvalue weighted by molar-refractivity contribution is 6.53. The Balaban J connectivity index is 1.51. The third-order valence-electron chi connectivity index (χ3n) is 5.47. The third kappa shape index (κ3) is 5.61. The Kier molecular flexibility index (Phi) is 7.68. The van der Waals surface area contributed by atoms with Gasteiger partial charge in [0.15, 0.2) is 0 Å². The van der Waals surface area contributed by atoms with Crippen LogP contribution in [0.15, 0.2) is 54.6 Å². The van der Waals surface area contributed by atoms with Crippen LogP contribution in [0.4, 0.5) is 11.4 Å². The lowest BCUT2D eigenvalue weighted by atomic mass is 10.1. The molecule has 0 heterocycles. The van der Waals surface area contributed by atoms with Crippen LogP contribution >= 0.6 is 69.6 Å². The highest BCUT2D eigenvalue weighted by Crippen LogP contribution is 2.65. The van der Waals surface area contributed by atoms with E-state index in [1.807, 2.05) is 0 Å². The lowest BCUT2D eigenvalue weighted by Crippen LogP contribution is -2.18. The third-order valence-corrected chi connectivity index (χ3v) is 7.49. The Hall–Kier alpha value is -1.86. The van der Waals surface area contributed by atoms with E-state index < -0.39 is 28.0 Å². The van der Waals surface area contributed by atoms with Gasteiger partial charge < -0.3 is 15.4 Å². The van der Waals surface area contributed by atoms with Crippen LogP contribution in [-0.4, -0.2) is 23.3 Å². The van der Waals surface area contributed by atoms with Gasteiger partial charge in [-0.3, -0.25) is 9.59 Å². The number of carbonyl (C=O) groups is 2. The number of halogens is 6. The van der Waals surface area contributed by atoms with Crippen LogP contribution in [0.1, 0.15) is 21.8 Å². The van der Waals surface area contributed by atoms with E-state index in [0.29, 0.717) is 37.8 Å². The average Bonchev–Trinajstić information content (AvgIpc) is 3.37. The van der Waals surface area contributed by atoms with Crippen molar-refractivity contribution in [3.63, 3.8) is 0 Å². The zero-order valence-electron chi connectivity index (χ0n) is 17.8. The monoisotopic (exact) mass is 590 g/mol. The highest BCUT2D eigenvalue weighted by Gasteiger charge is 2.67. The Bertz CT molecular complexity index is 1310. The molecule has 1 aliphatic rings. The number of anilines is 2. The molecule has 1 aliphatic carbocycles. The van der Waals surface area contributed by atoms with Crippen molar-refractivity contribution in [3.8, 4) is 5.75 Å². The van der Waals surface area contributed by atoms with Gasteiger partial charge in [-0.25, -0.2) is 0 Å². The van der Waals surface area contributed by atoms with Gasteiger partial charge in [-0.1, -0.05) is 46.4 Å². The fraction of sp³-hybridized carbons (Fsp3) is 0.167. The number of amides is 2. The van der Waals surface area contributed by atoms with Crippen LogP contribution in [0.5, 0.6) is 5.75 Å². The van der Waals surface area contributed by atoms with Crippen molar-refractivity contribution in [1.29, 1.82) is 0 Å². The van der Waals surface area contributed by atoms with Gasteiger partial charge in [0, 0.05) is 33.4 Å². The lowest BCUT2D eigenvalue weighted by Gasteiger charge is -2.11. The second kappa shape index (κ2) is 10.3. The number of rotatable bonds is 6. The van der Waals surface area contributed by atoms with Gasteiger partial charge in [-0.05, 0) is 54.1 Å². The van der Waals surface area contributed by atoms with E-state index in [-0.39, 0.29) is 10.6 Å². The van der Waals surface area contributed by atoms with Crippen LogP contribution in [0.25, 0.3) is 0 Å². The standard InChI is InChI=1S/C24H16Cl6N2O3/c1-35-19-10-15(3-5-18(19)28)31-22(33)16-9-14(2-4-17(16)27)32-23(34)21-20(24(21,29)30)11-6-12(25)8-13(26)7-11/h2-10,20-21H,1H3,(H,31,33)(H,32,34). The molecule has 2 amide bonds. The van der Waals surface area contributed by atoms with Crippen LogP contribution in [0.3, 0.4) is 0 Å². The quantitative estimate of drug-likeness (QED) is 0.284. The van der Waals surface area contributed by atoms with E-state index in [0.717, 1.165) is 0 Å². The van der Waals surface area contributed by atoms with E-state index in [9.17, 15) is 9.59 Å². The van der Waals surface area contributed by atoms with Crippen molar-refractivity contribution in [2.75, 3.05) is 17.7 Å². The molecule has 1 fully saturated rings. The normalized spacial score (nSPS) is 18.0. The molecule has 0 radical (unpaired) electrons. The number of alkyl halides is 2. The van der Waals surface area contributed by atoms with E-state index in [1.54, 1.807) is 42.5 Å². The molecule has 3 aromatic carbocycles. The largest absolute Gasteiger partial charge is 0.495 e. The first-order valence-corrected chi connectivity index (χ1v) is 12.4. The van der Waals surface area contributed by atoms with Crippen molar-refractivity contribution in [2.24, 2.45) is 5.92 Å². The smallest absolute Gasteiger partial charge is 0.257 e. The van der Waals surface area contributed by atoms with E-state index in [4.69, 9.17) is 74.3 Å². The molecule has 0 spiro atoms. The highest BCUT2D eigenvalue weighted by atomic mass is 35.5. The van der Waals surface area contributed by atoms with Gasteiger partial charge in [-0.15, -0.1) is 23.2 Å². The first-order valence-electron chi connectivity index (χ1n) is 10.1. The Morgan fingerprint density at radius 2 is 1.43 bits per heavy atom. The van der Waals surface area contributed by atoms with Gasteiger partial charge in [0.2, 0.25) is 5.91 Å². The molecule has 0 bridgehead atoms. The van der Waals surface area contributed by atoms with Crippen molar-refractivity contribution < 1.29 is 14.3 Å². The number of carbonyl (C=O) groups excluding carboxylic acids is 2. The summed E-state index contributed by atoms with van der Waals surface area (Å²) >= 11 is 37.3. The topological polar surface area (TPSA) is 67.4 Å². The molecule has 35 heavy (non-hydrogen) atoms. The molecule has 5 nitrogen and oxygen atoms in total. The summed E-state index contributed by atoms with van der Waals surface area (Å²) in [5.41, 5.74) is 1.60. The summed E-state index contributed by atoms with van der Waals surface area (Å²) in [7, 11) is 1.47. The number of methoxy groups -OCH3 is 1. The zero-order chi connectivity index (χ0) is 25.5. The number of benzene rings is 3. The maximum absolute atomic E-state index is 13.0. The predicted octanol–water partition coefficient (Wildman–Crippen LogP) is 8.09. The fourth-order valence-corrected chi connectivity index (χ4v) is 5.52. The Morgan fingerprint density at radius 1 is 0.829 bits per heavy atom. The minimum absolute atomic E-state index is 0.148. The number of hydrogen-bond donors (Lipinski definition) is 2. The average molecular weight is 593 g/mol. The second-order valence-electron chi connectivity index (χ2n) is 7.82. The SMILES string of the molecule is COc1cc(NC(=O)c2cc(NC(=O)C3C(c4cc(Cl)cc(Cl)c4)C3(Cl)Cl)ccc2Cl)ccc1Cl. The maximum Gasteiger partial charge on any atom is 0.257 e. The fourth-order valence-electron chi connectivity index (χ4n) is 3.76. The molecule has 2 unspecified atom stereocenters. The zero-order valence-corrected chi connectivity index (χ0v) is 22.4. The molecule has 4 rings (SSSR count). The predicted molar refractivity (Wildman–Crippen MR) is 143 cm³/mol. The number of ether oxygens (including phenoxy) is 1. The summed E-state index contributed by atoms with van der Waals surface area (Å²) in [4.78, 5) is 25.9. The molecular formula is C24H16Cl6N2O3. The van der Waals surface area contributed by atoms with E-state index in [2.05, 4.69) is 10.6 Å². The van der Waals surface area contributed by atoms with Crippen molar-refractivity contribution in [3.05, 3.63) is 85.8 Å². The van der Waals surface area contributed by atoms with Crippen LogP contribution < -0.4 is 15.4 Å². The molecule has 0 aliphatic heterocycles. The van der Waals surface area contributed by atoms with E-state index >= 15 is 0 Å². The van der Waals surface area contributed by atoms with E-state index in [1.165, 1.54) is 19.2 Å². The van der Waals surface area contributed by atoms with Crippen LogP contribution in [-0.2, 0) is 4.79 Å². The molecule has 2 atom stereocenters. The van der Waals surface area contributed by atoms with Crippen molar-refractivity contribution in [1.82, 2.24) is 0 Å². The minimum atomic E-state index is -1.33. The van der Waals surface area contributed by atoms with Gasteiger partial charge >= 0.3 is 0 Å². The summed E-state index contributed by atoms with van der Waals surface area (Å²) < 4.78 is 3.83. The van der Waals surface area contributed by atoms with Crippen LogP contribution in [0.2, 0.25) is 20.1 Å². The Labute approximate surface area is 231 Å². The molecule has 11 heteroatoms. The lowest BCUT2D eigenvalue weighted by molar-refractivity contribution is -0.117. The first kappa shape index (κ1) is 26.2. The number of nitrogens with one attached hydrogen (secondary N) is 2. The second-order valence-corrected chi connectivity index (χ2v) is 11.0. The van der Waals surface area contributed by atoms with Crippen LogP contribution in [0, 0.1) is 5.92 Å². The van der Waals surface area contributed by atoms with Crippen molar-refractivity contribution >= 4 is 92.8 Å². The summed E-state index contributed by atoms with van der Waals surface area (Å²) in [6, 6.07) is 14.2. The molecule has 2 N–H and O–H groups in total. The molecule has 1 saturated carbocycles. The molecule has 0 saturated heterocycles. The molecule has 182 valence electrons. The van der Waals surface area contributed by atoms with Gasteiger partial charge in [0.25, 0.3) is 5.91 Å².